The van der Waals surface area contributed by atoms with E-state index in [2.05, 4.69) is 72.7 Å². The molecule has 150 valence electrons. The number of carbonyl (C=O) groups is 1. The van der Waals surface area contributed by atoms with Gasteiger partial charge in [-0.25, -0.2) is 0 Å². The van der Waals surface area contributed by atoms with Crippen molar-refractivity contribution in [3.63, 3.8) is 0 Å². The van der Waals surface area contributed by atoms with Crippen molar-refractivity contribution in [2.24, 2.45) is 0 Å². The van der Waals surface area contributed by atoms with Crippen molar-refractivity contribution in [2.45, 2.75) is 64.3 Å². The predicted molar refractivity (Wildman–Crippen MR) is 120 cm³/mol. The lowest BCUT2D eigenvalue weighted by atomic mass is 9.93. The van der Waals surface area contributed by atoms with Crippen LogP contribution >= 0.6 is 0 Å². The summed E-state index contributed by atoms with van der Waals surface area (Å²) in [7, 11) is 0. The van der Waals surface area contributed by atoms with E-state index >= 15 is 0 Å². The van der Waals surface area contributed by atoms with Crippen LogP contribution in [0.4, 0.5) is 0 Å². The molecule has 3 aromatic rings. The van der Waals surface area contributed by atoms with E-state index in [-0.39, 0.29) is 11.8 Å². The minimum absolute atomic E-state index is 0.151. The molecule has 1 aliphatic carbocycles. The number of nitrogens with zero attached hydrogens (tertiary/aromatic N) is 1. The molecule has 1 aromatic heterocycles. The standard InChI is InChI=1S/C26H30N2O/c1-18-8-6-7-11-24(18)20-12-13-25-21(15-20)16-22(17-27-25)19(2)14-26(29)28-23-9-4-3-5-10-23/h6-8,11-13,15-17,19,23H,3-5,9-10,14H2,1-2H3,(H,28,29). The Labute approximate surface area is 173 Å². The highest BCUT2D eigenvalue weighted by Crippen LogP contribution is 2.28. The van der Waals surface area contributed by atoms with Gasteiger partial charge in [-0.15, -0.1) is 0 Å². The first-order valence-electron chi connectivity index (χ1n) is 10.9. The van der Waals surface area contributed by atoms with E-state index in [1.54, 1.807) is 0 Å². The normalized spacial score (nSPS) is 15.9. The van der Waals surface area contributed by atoms with Gasteiger partial charge in [0.25, 0.3) is 0 Å². The molecule has 3 heteroatoms. The second kappa shape index (κ2) is 8.77. The maximum absolute atomic E-state index is 12.5. The van der Waals surface area contributed by atoms with Crippen LogP contribution in [0.2, 0.25) is 0 Å². The summed E-state index contributed by atoms with van der Waals surface area (Å²) in [6.45, 7) is 4.26. The molecule has 2 aromatic carbocycles. The molecule has 0 radical (unpaired) electrons. The number of aromatic nitrogens is 1. The Hall–Kier alpha value is -2.68. The Balaban J connectivity index is 1.51. The summed E-state index contributed by atoms with van der Waals surface area (Å²) in [4.78, 5) is 17.2. The maximum Gasteiger partial charge on any atom is 0.220 e. The molecule has 0 spiro atoms. The first kappa shape index (κ1) is 19.6. The minimum Gasteiger partial charge on any atom is -0.353 e. The Morgan fingerprint density at radius 1 is 1.10 bits per heavy atom. The lowest BCUT2D eigenvalue weighted by molar-refractivity contribution is -0.122. The first-order chi connectivity index (χ1) is 14.1. The van der Waals surface area contributed by atoms with E-state index in [0.29, 0.717) is 12.5 Å². The van der Waals surface area contributed by atoms with Crippen LogP contribution in [0.3, 0.4) is 0 Å². The van der Waals surface area contributed by atoms with Crippen molar-refractivity contribution in [3.05, 3.63) is 65.9 Å². The molecule has 0 aliphatic heterocycles. The van der Waals surface area contributed by atoms with Gasteiger partial charge in [0.15, 0.2) is 0 Å². The summed E-state index contributed by atoms with van der Waals surface area (Å²) >= 11 is 0. The van der Waals surface area contributed by atoms with Crippen LogP contribution in [-0.4, -0.2) is 16.9 Å². The summed E-state index contributed by atoms with van der Waals surface area (Å²) in [6.07, 6.45) is 8.46. The van der Waals surface area contributed by atoms with Gasteiger partial charge in [-0.3, -0.25) is 9.78 Å². The molecular formula is C26H30N2O. The highest BCUT2D eigenvalue weighted by molar-refractivity contribution is 5.85. The smallest absolute Gasteiger partial charge is 0.220 e. The monoisotopic (exact) mass is 386 g/mol. The van der Waals surface area contributed by atoms with Gasteiger partial charge < -0.3 is 5.32 Å². The highest BCUT2D eigenvalue weighted by Gasteiger charge is 2.18. The molecular weight excluding hydrogens is 356 g/mol. The second-order valence-electron chi connectivity index (χ2n) is 8.50. The highest BCUT2D eigenvalue weighted by atomic mass is 16.1. The Kier molecular flexibility index (Phi) is 5.94. The third kappa shape index (κ3) is 4.67. The summed E-state index contributed by atoms with van der Waals surface area (Å²) in [5, 5.41) is 4.36. The largest absolute Gasteiger partial charge is 0.353 e. The van der Waals surface area contributed by atoms with Crippen molar-refractivity contribution >= 4 is 16.8 Å². The number of rotatable bonds is 5. The molecule has 1 saturated carbocycles. The molecule has 0 bridgehead atoms. The van der Waals surface area contributed by atoms with Crippen LogP contribution in [0, 0.1) is 6.92 Å². The quantitative estimate of drug-likeness (QED) is 0.571. The van der Waals surface area contributed by atoms with Crippen LogP contribution < -0.4 is 5.32 Å². The number of aryl methyl sites for hydroxylation is 1. The van der Waals surface area contributed by atoms with E-state index < -0.39 is 0 Å². The predicted octanol–water partition coefficient (Wildman–Crippen LogP) is 6.15. The zero-order chi connectivity index (χ0) is 20.2. The molecule has 29 heavy (non-hydrogen) atoms. The fourth-order valence-electron chi connectivity index (χ4n) is 4.41. The average Bonchev–Trinajstić information content (AvgIpc) is 2.74. The zero-order valence-electron chi connectivity index (χ0n) is 17.4. The fourth-order valence-corrected chi connectivity index (χ4v) is 4.41. The Morgan fingerprint density at radius 3 is 2.69 bits per heavy atom. The van der Waals surface area contributed by atoms with E-state index in [9.17, 15) is 4.79 Å². The van der Waals surface area contributed by atoms with Crippen molar-refractivity contribution in [3.8, 4) is 11.1 Å². The minimum atomic E-state index is 0.151. The van der Waals surface area contributed by atoms with Gasteiger partial charge in [-0.1, -0.05) is 56.5 Å². The number of benzene rings is 2. The Morgan fingerprint density at radius 2 is 1.90 bits per heavy atom. The third-order valence-electron chi connectivity index (χ3n) is 6.19. The van der Waals surface area contributed by atoms with Gasteiger partial charge >= 0.3 is 0 Å². The molecule has 4 rings (SSSR count). The van der Waals surface area contributed by atoms with Gasteiger partial charge in [0.2, 0.25) is 5.91 Å². The zero-order valence-corrected chi connectivity index (χ0v) is 17.4. The number of pyridine rings is 1. The van der Waals surface area contributed by atoms with Crippen LogP contribution in [0.25, 0.3) is 22.0 Å². The van der Waals surface area contributed by atoms with E-state index in [0.717, 1.165) is 29.3 Å². The molecule has 1 aliphatic rings. The van der Waals surface area contributed by atoms with Crippen LogP contribution in [0.15, 0.2) is 54.7 Å². The van der Waals surface area contributed by atoms with Crippen LogP contribution in [-0.2, 0) is 4.79 Å². The van der Waals surface area contributed by atoms with Gasteiger partial charge in [0.1, 0.15) is 0 Å². The van der Waals surface area contributed by atoms with E-state index in [1.807, 2.05) is 6.20 Å². The molecule has 1 fully saturated rings. The number of nitrogens with one attached hydrogen (secondary N) is 1. The lowest BCUT2D eigenvalue weighted by Gasteiger charge is -2.23. The number of amides is 1. The van der Waals surface area contributed by atoms with Crippen molar-refractivity contribution < 1.29 is 4.79 Å². The van der Waals surface area contributed by atoms with E-state index in [1.165, 1.54) is 36.0 Å². The van der Waals surface area contributed by atoms with Crippen LogP contribution in [0.1, 0.15) is 62.5 Å². The summed E-state index contributed by atoms with van der Waals surface area (Å²) in [5.74, 6) is 0.316. The van der Waals surface area contributed by atoms with Crippen molar-refractivity contribution in [1.29, 1.82) is 0 Å². The molecule has 1 unspecified atom stereocenters. The molecule has 3 nitrogen and oxygen atoms in total. The summed E-state index contributed by atoms with van der Waals surface area (Å²) in [5.41, 5.74) is 5.84. The van der Waals surface area contributed by atoms with Gasteiger partial charge in [0, 0.05) is 24.0 Å². The SMILES string of the molecule is Cc1ccccc1-c1ccc2ncc(C(C)CC(=O)NC3CCCCC3)cc2c1. The number of hydrogen-bond donors (Lipinski definition) is 1. The fraction of sp³-hybridized carbons (Fsp3) is 0.385. The third-order valence-corrected chi connectivity index (χ3v) is 6.19. The van der Waals surface area contributed by atoms with Crippen molar-refractivity contribution in [2.75, 3.05) is 0 Å². The summed E-state index contributed by atoms with van der Waals surface area (Å²) in [6, 6.07) is 17.4. The number of hydrogen-bond acceptors (Lipinski definition) is 2. The first-order valence-corrected chi connectivity index (χ1v) is 10.9. The molecule has 0 saturated heterocycles. The average molecular weight is 387 g/mol. The Bertz CT molecular complexity index is 1000. The van der Waals surface area contributed by atoms with Crippen LogP contribution in [0.5, 0.6) is 0 Å². The number of fused-ring (bicyclic) bond motifs is 1. The number of carbonyl (C=O) groups excluding carboxylic acids is 1. The topological polar surface area (TPSA) is 42.0 Å². The lowest BCUT2D eigenvalue weighted by Crippen LogP contribution is -2.36. The van der Waals surface area contributed by atoms with Gasteiger partial charge in [0.05, 0.1) is 5.52 Å². The maximum atomic E-state index is 12.5. The van der Waals surface area contributed by atoms with Crippen molar-refractivity contribution in [1.82, 2.24) is 10.3 Å². The molecule has 1 atom stereocenters. The van der Waals surface area contributed by atoms with Gasteiger partial charge in [-0.2, -0.15) is 0 Å². The molecule has 1 N–H and O–H groups in total. The van der Waals surface area contributed by atoms with E-state index in [4.69, 9.17) is 0 Å². The molecule has 1 amide bonds. The second-order valence-corrected chi connectivity index (χ2v) is 8.50. The molecule has 1 heterocycles. The van der Waals surface area contributed by atoms with Gasteiger partial charge in [-0.05, 0) is 66.1 Å². The summed E-state index contributed by atoms with van der Waals surface area (Å²) < 4.78 is 0.